The van der Waals surface area contributed by atoms with Crippen LogP contribution in [0, 0.1) is 57.2 Å². The van der Waals surface area contributed by atoms with Gasteiger partial charge in [-0.3, -0.25) is 4.79 Å². The summed E-state index contributed by atoms with van der Waals surface area (Å²) < 4.78 is 0. The van der Waals surface area contributed by atoms with Crippen molar-refractivity contribution >= 4 is 5.97 Å². The maximum atomic E-state index is 12.8. The van der Waals surface area contributed by atoms with Gasteiger partial charge in [-0.2, -0.15) is 0 Å². The number of aliphatic hydroxyl groups excluding tert-OH is 1. The minimum Gasteiger partial charge on any atom is -0.481 e. The van der Waals surface area contributed by atoms with Crippen LogP contribution in [0.3, 0.4) is 0 Å². The van der Waals surface area contributed by atoms with Crippen LogP contribution in [-0.4, -0.2) is 22.3 Å². The molecule has 32 heavy (non-hydrogen) atoms. The van der Waals surface area contributed by atoms with Gasteiger partial charge in [0, 0.05) is 0 Å². The Morgan fingerprint density at radius 1 is 0.938 bits per heavy atom. The first-order valence-corrected chi connectivity index (χ1v) is 13.5. The van der Waals surface area contributed by atoms with Crippen LogP contribution in [0.5, 0.6) is 0 Å². The highest BCUT2D eigenvalue weighted by atomic mass is 16.4. The molecule has 0 aromatic carbocycles. The van der Waals surface area contributed by atoms with Gasteiger partial charge in [0.2, 0.25) is 0 Å². The molecular formula is C29H46O3. The minimum atomic E-state index is -0.551. The number of carboxylic acids is 1. The van der Waals surface area contributed by atoms with Gasteiger partial charge in [0.25, 0.3) is 0 Å². The first-order chi connectivity index (χ1) is 14.9. The molecule has 0 aliphatic heterocycles. The third-order valence-corrected chi connectivity index (χ3v) is 13.0. The van der Waals surface area contributed by atoms with Gasteiger partial charge in [0.15, 0.2) is 0 Å². The molecular weight excluding hydrogens is 396 g/mol. The molecule has 0 radical (unpaired) electrons. The highest BCUT2D eigenvalue weighted by molar-refractivity contribution is 5.76. The van der Waals surface area contributed by atoms with Crippen molar-refractivity contribution in [2.45, 2.75) is 105 Å². The third kappa shape index (κ3) is 2.61. The molecule has 5 rings (SSSR count). The average Bonchev–Trinajstić information content (AvgIpc) is 2.74. The molecule has 0 spiro atoms. The van der Waals surface area contributed by atoms with E-state index in [1.165, 1.54) is 18.4 Å². The number of rotatable bonds is 1. The number of carbonyl (C=O) groups is 1. The summed E-state index contributed by atoms with van der Waals surface area (Å²) in [5, 5.41) is 21.1. The van der Waals surface area contributed by atoms with E-state index in [9.17, 15) is 15.0 Å². The lowest BCUT2D eigenvalue weighted by atomic mass is 9.34. The van der Waals surface area contributed by atoms with Crippen LogP contribution in [0.4, 0.5) is 0 Å². The summed E-state index contributed by atoms with van der Waals surface area (Å²) in [5.41, 5.74) is 1.57. The monoisotopic (exact) mass is 442 g/mol. The standard InChI is InChI=1S/C29H46O3/c1-17-9-14-29(25(31)32)16-15-27(5)21(24(29)18(17)2)7-8-23-26(4)12-11-22(30)19(3)20(26)10-13-28(23,27)6/h7,17-20,22-24,30H,8-16H2,1-6H3,(H,31,32)/t17-,18+,19+,20+,22+,23-,24+,26+,27-,28-,29+/m1/s1. The van der Waals surface area contributed by atoms with Gasteiger partial charge >= 0.3 is 5.97 Å². The van der Waals surface area contributed by atoms with Crippen molar-refractivity contribution in [3.05, 3.63) is 11.6 Å². The quantitative estimate of drug-likeness (QED) is 0.444. The minimum absolute atomic E-state index is 0.0954. The second-order valence-corrected chi connectivity index (χ2v) is 13.6. The third-order valence-electron chi connectivity index (χ3n) is 13.0. The molecule has 0 bridgehead atoms. The topological polar surface area (TPSA) is 57.5 Å². The largest absolute Gasteiger partial charge is 0.481 e. The molecule has 0 heterocycles. The average molecular weight is 443 g/mol. The maximum Gasteiger partial charge on any atom is 0.310 e. The SMILES string of the molecule is C[C@@H]1[C@@H](O)CC[C@]2(C)[C@H]3CC=C4[C@@H]5[C@@H](C)[C@H](C)CC[C@]5(C(=O)O)CC[C@@]4(C)[C@]3(C)CC[C@@H]12. The van der Waals surface area contributed by atoms with Crippen molar-refractivity contribution in [3.8, 4) is 0 Å². The maximum absolute atomic E-state index is 12.8. The van der Waals surface area contributed by atoms with E-state index in [4.69, 9.17) is 0 Å². The van der Waals surface area contributed by atoms with E-state index in [-0.39, 0.29) is 28.3 Å². The summed E-state index contributed by atoms with van der Waals surface area (Å²) in [6.07, 6.45) is 11.8. The van der Waals surface area contributed by atoms with Crippen LogP contribution in [0.2, 0.25) is 0 Å². The van der Waals surface area contributed by atoms with Crippen molar-refractivity contribution in [2.24, 2.45) is 57.2 Å². The van der Waals surface area contributed by atoms with Crippen LogP contribution in [-0.2, 0) is 4.79 Å². The molecule has 180 valence electrons. The summed E-state index contributed by atoms with van der Waals surface area (Å²) in [4.78, 5) is 12.8. The Balaban J connectivity index is 1.60. The summed E-state index contributed by atoms with van der Waals surface area (Å²) in [6, 6.07) is 0. The lowest BCUT2D eigenvalue weighted by Crippen LogP contribution is -2.64. The highest BCUT2D eigenvalue weighted by Crippen LogP contribution is 2.74. The number of aliphatic hydroxyl groups is 1. The van der Waals surface area contributed by atoms with E-state index < -0.39 is 11.4 Å². The lowest BCUT2D eigenvalue weighted by Gasteiger charge is -2.70. The predicted octanol–water partition coefficient (Wildman–Crippen LogP) is 6.70. The summed E-state index contributed by atoms with van der Waals surface area (Å²) >= 11 is 0. The zero-order valence-corrected chi connectivity index (χ0v) is 21.3. The Morgan fingerprint density at radius 3 is 2.34 bits per heavy atom. The molecule has 3 nitrogen and oxygen atoms in total. The van der Waals surface area contributed by atoms with E-state index in [2.05, 4.69) is 47.6 Å². The molecule has 0 aromatic rings. The molecule has 4 saturated carbocycles. The van der Waals surface area contributed by atoms with Gasteiger partial charge in [-0.25, -0.2) is 0 Å². The molecule has 5 aliphatic carbocycles. The second-order valence-electron chi connectivity index (χ2n) is 13.6. The van der Waals surface area contributed by atoms with E-state index in [0.717, 1.165) is 44.9 Å². The predicted molar refractivity (Wildman–Crippen MR) is 128 cm³/mol. The van der Waals surface area contributed by atoms with Crippen molar-refractivity contribution in [2.75, 3.05) is 0 Å². The van der Waals surface area contributed by atoms with Gasteiger partial charge in [0.1, 0.15) is 0 Å². The van der Waals surface area contributed by atoms with E-state index >= 15 is 0 Å². The normalized spacial score (nSPS) is 57.3. The fourth-order valence-corrected chi connectivity index (χ4v) is 10.5. The number of hydrogen-bond donors (Lipinski definition) is 2. The van der Waals surface area contributed by atoms with Crippen LogP contribution < -0.4 is 0 Å². The van der Waals surface area contributed by atoms with Crippen LogP contribution in [0.15, 0.2) is 11.6 Å². The van der Waals surface area contributed by atoms with Crippen molar-refractivity contribution in [1.29, 1.82) is 0 Å². The first-order valence-electron chi connectivity index (χ1n) is 13.5. The Labute approximate surface area is 195 Å². The van der Waals surface area contributed by atoms with Crippen molar-refractivity contribution in [3.63, 3.8) is 0 Å². The molecule has 5 aliphatic rings. The fourth-order valence-electron chi connectivity index (χ4n) is 10.5. The molecule has 3 heteroatoms. The molecule has 11 atom stereocenters. The Morgan fingerprint density at radius 2 is 1.66 bits per heavy atom. The van der Waals surface area contributed by atoms with Crippen LogP contribution >= 0.6 is 0 Å². The molecule has 2 N–H and O–H groups in total. The van der Waals surface area contributed by atoms with E-state index in [1.807, 2.05) is 0 Å². The van der Waals surface area contributed by atoms with Crippen LogP contribution in [0.25, 0.3) is 0 Å². The highest BCUT2D eigenvalue weighted by Gasteiger charge is 2.68. The van der Waals surface area contributed by atoms with Gasteiger partial charge < -0.3 is 10.2 Å². The lowest BCUT2D eigenvalue weighted by molar-refractivity contribution is -0.189. The Hall–Kier alpha value is -0.830. The number of aliphatic carboxylic acids is 1. The number of carboxylic acid groups (broad SMARTS) is 1. The molecule has 0 aromatic heterocycles. The van der Waals surface area contributed by atoms with E-state index in [1.54, 1.807) is 0 Å². The zero-order valence-electron chi connectivity index (χ0n) is 21.3. The summed E-state index contributed by atoms with van der Waals surface area (Å²) in [5.74, 6) is 2.31. The number of fused-ring (bicyclic) bond motifs is 7. The molecule has 0 amide bonds. The molecule has 4 fully saturated rings. The summed E-state index contributed by atoms with van der Waals surface area (Å²) in [6.45, 7) is 14.6. The molecule has 0 saturated heterocycles. The zero-order chi connectivity index (χ0) is 23.3. The first kappa shape index (κ1) is 22.9. The number of allylic oxidation sites excluding steroid dienone is 2. The van der Waals surface area contributed by atoms with Gasteiger partial charge in [-0.15, -0.1) is 0 Å². The van der Waals surface area contributed by atoms with Gasteiger partial charge in [-0.05, 0) is 110 Å². The van der Waals surface area contributed by atoms with Gasteiger partial charge in [-0.1, -0.05) is 53.2 Å². The Bertz CT molecular complexity index is 832. The summed E-state index contributed by atoms with van der Waals surface area (Å²) in [7, 11) is 0. The Kier molecular flexibility index (Phi) is 5.08. The van der Waals surface area contributed by atoms with Crippen molar-refractivity contribution < 1.29 is 15.0 Å². The second kappa shape index (κ2) is 7.09. The van der Waals surface area contributed by atoms with Crippen LogP contribution in [0.1, 0.15) is 99.3 Å². The van der Waals surface area contributed by atoms with E-state index in [0.29, 0.717) is 29.6 Å². The molecule has 0 unspecified atom stereocenters. The smallest absolute Gasteiger partial charge is 0.310 e. The van der Waals surface area contributed by atoms with Gasteiger partial charge in [0.05, 0.1) is 11.5 Å². The van der Waals surface area contributed by atoms with Crippen molar-refractivity contribution in [1.82, 2.24) is 0 Å². The number of hydrogen-bond acceptors (Lipinski definition) is 2. The fraction of sp³-hybridized carbons (Fsp3) is 0.897.